The molecule has 0 amide bonds. The lowest BCUT2D eigenvalue weighted by Crippen LogP contribution is -2.26. The normalized spacial score (nSPS) is 11.4. The van der Waals surface area contributed by atoms with Gasteiger partial charge in [0.05, 0.1) is 23.5 Å². The van der Waals surface area contributed by atoms with Crippen LogP contribution in [0.4, 0.5) is 11.4 Å². The molecule has 0 aromatic heterocycles. The number of ether oxygens (including phenoxy) is 1. The van der Waals surface area contributed by atoms with E-state index >= 15 is 0 Å². The first-order valence-electron chi connectivity index (χ1n) is 5.98. The Morgan fingerprint density at radius 2 is 1.44 bits per heavy atom. The summed E-state index contributed by atoms with van der Waals surface area (Å²) in [5.41, 5.74) is 0.335. The average Bonchev–Trinajstić information content (AvgIpc) is 2.37. The maximum Gasteiger partial charge on any atom is 0.429 e. The van der Waals surface area contributed by atoms with Crippen molar-refractivity contribution in [3.63, 3.8) is 0 Å². The van der Waals surface area contributed by atoms with Crippen molar-refractivity contribution in [3.05, 3.63) is 17.2 Å². The minimum absolute atomic E-state index is 0.0529. The van der Waals surface area contributed by atoms with E-state index in [0.29, 0.717) is 0 Å². The van der Waals surface area contributed by atoms with E-state index in [9.17, 15) is 9.13 Å². The second kappa shape index (κ2) is 8.58. The minimum atomic E-state index is -4.58. The monoisotopic (exact) mass is 450 g/mol. The largest absolute Gasteiger partial charge is 0.494 e. The molecule has 8 N–H and O–H groups in total. The van der Waals surface area contributed by atoms with Crippen LogP contribution in [0.5, 0.6) is 5.75 Å². The number of anilines is 2. The van der Waals surface area contributed by atoms with Gasteiger partial charge in [0.1, 0.15) is 5.75 Å². The van der Waals surface area contributed by atoms with Crippen LogP contribution in [0.25, 0.3) is 0 Å². The van der Waals surface area contributed by atoms with Crippen LogP contribution >= 0.6 is 51.5 Å². The molecule has 1 aromatic rings. The molecule has 0 fully saturated rings. The van der Waals surface area contributed by atoms with Crippen LogP contribution in [0.3, 0.4) is 0 Å². The lowest BCUT2D eigenvalue weighted by molar-refractivity contribution is 0.365. The zero-order chi connectivity index (χ0) is 19.4. The van der Waals surface area contributed by atoms with Crippen LogP contribution < -0.4 is 25.5 Å². The number of methoxy groups -OCH3 is 1. The van der Waals surface area contributed by atoms with Gasteiger partial charge in [-0.05, 0) is 30.5 Å². The summed E-state index contributed by atoms with van der Waals surface area (Å²) in [7, 11) is -7.85. The molecule has 11 nitrogen and oxygen atoms in total. The third-order valence-corrected chi connectivity index (χ3v) is 4.33. The Bertz CT molecular complexity index is 783. The van der Waals surface area contributed by atoms with Gasteiger partial charge in [-0.2, -0.15) is 0 Å². The summed E-state index contributed by atoms with van der Waals surface area (Å²) >= 11 is 15.5. The van der Waals surface area contributed by atoms with E-state index in [4.69, 9.17) is 60.3 Å². The second-order valence-corrected chi connectivity index (χ2v) is 8.10. The Kier molecular flexibility index (Phi) is 7.56. The van der Waals surface area contributed by atoms with Gasteiger partial charge < -0.3 is 34.9 Å². The maximum absolute atomic E-state index is 10.8. The lowest BCUT2D eigenvalue weighted by atomic mass is 10.2. The summed E-state index contributed by atoms with van der Waals surface area (Å²) in [5.74, 6) is 0.153. The fourth-order valence-electron chi connectivity index (χ4n) is 1.48. The van der Waals surface area contributed by atoms with E-state index < -0.39 is 15.5 Å². The zero-order valence-corrected chi connectivity index (χ0v) is 16.4. The van der Waals surface area contributed by atoms with Crippen LogP contribution in [-0.2, 0) is 9.13 Å². The average molecular weight is 451 g/mol. The van der Waals surface area contributed by atoms with Gasteiger partial charge in [-0.3, -0.25) is 10.2 Å². The molecule has 0 atom stereocenters. The summed E-state index contributed by atoms with van der Waals surface area (Å²) in [6.45, 7) is 0. The van der Waals surface area contributed by atoms with Crippen LogP contribution in [0.1, 0.15) is 0 Å². The number of nitrogens with one attached hydrogen (secondary N) is 4. The molecule has 0 radical (unpaired) electrons. The highest BCUT2D eigenvalue weighted by Gasteiger charge is 2.18. The molecular weight excluding hydrogens is 438 g/mol. The summed E-state index contributed by atoms with van der Waals surface area (Å²) in [5, 5.41) is 7.80. The van der Waals surface area contributed by atoms with E-state index in [0.717, 1.165) is 0 Å². The van der Waals surface area contributed by atoms with Gasteiger partial charge in [-0.25, -0.2) is 9.13 Å². The van der Waals surface area contributed by atoms with Crippen LogP contribution in [0.2, 0.25) is 5.02 Å². The van der Waals surface area contributed by atoms with Crippen molar-refractivity contribution in [1.82, 2.24) is 10.2 Å². The van der Waals surface area contributed by atoms with Gasteiger partial charge in [0, 0.05) is 6.07 Å². The summed E-state index contributed by atoms with van der Waals surface area (Å²) in [6, 6.07) is 2.63. The number of benzene rings is 1. The molecule has 1 rings (SSSR count). The first-order chi connectivity index (χ1) is 11.3. The van der Waals surface area contributed by atoms with E-state index in [1.165, 1.54) is 19.2 Å². The molecule has 0 unspecified atom stereocenters. The van der Waals surface area contributed by atoms with Gasteiger partial charge in [-0.15, -0.1) is 0 Å². The van der Waals surface area contributed by atoms with Crippen LogP contribution in [-0.4, -0.2) is 36.9 Å². The summed E-state index contributed by atoms with van der Waals surface area (Å²) in [4.78, 5) is 35.2. The van der Waals surface area contributed by atoms with Gasteiger partial charge in [0.25, 0.3) is 0 Å². The molecular formula is C9H13ClN4O7P2S2. The molecule has 0 heterocycles. The number of hydrogen-bond donors (Lipinski definition) is 8. The molecule has 0 bridgehead atoms. The van der Waals surface area contributed by atoms with E-state index in [2.05, 4.69) is 10.6 Å². The number of rotatable bonds is 5. The van der Waals surface area contributed by atoms with E-state index in [-0.39, 0.29) is 32.4 Å². The molecule has 16 heteroatoms. The highest BCUT2D eigenvalue weighted by Crippen LogP contribution is 2.36. The van der Waals surface area contributed by atoms with Crippen molar-refractivity contribution < 1.29 is 33.4 Å². The smallest absolute Gasteiger partial charge is 0.429 e. The molecule has 0 saturated heterocycles. The van der Waals surface area contributed by atoms with Gasteiger partial charge in [0.2, 0.25) is 0 Å². The van der Waals surface area contributed by atoms with Gasteiger partial charge >= 0.3 is 15.5 Å². The Balaban J connectivity index is 3.00. The van der Waals surface area contributed by atoms with E-state index in [1.807, 2.05) is 0 Å². The lowest BCUT2D eigenvalue weighted by Gasteiger charge is -2.17. The number of thiocarbonyl (C=S) groups is 2. The number of hydrogen-bond acceptors (Lipinski definition) is 5. The number of halogens is 1. The fourth-order valence-corrected chi connectivity index (χ4v) is 3.27. The predicted molar refractivity (Wildman–Crippen MR) is 101 cm³/mol. The topological polar surface area (TPSA) is 172 Å². The quantitative estimate of drug-likeness (QED) is 0.237. The third kappa shape index (κ3) is 8.27. The minimum Gasteiger partial charge on any atom is -0.494 e. The van der Waals surface area contributed by atoms with Gasteiger partial charge in [0.15, 0.2) is 10.2 Å². The molecule has 0 aliphatic carbocycles. The van der Waals surface area contributed by atoms with Crippen molar-refractivity contribution >= 4 is 73.1 Å². The van der Waals surface area contributed by atoms with Crippen molar-refractivity contribution in [2.45, 2.75) is 0 Å². The fraction of sp³-hybridized carbons (Fsp3) is 0.111. The Morgan fingerprint density at radius 3 is 1.84 bits per heavy atom. The maximum atomic E-state index is 10.8. The molecule has 1 aromatic carbocycles. The molecule has 0 aliphatic rings. The highest BCUT2D eigenvalue weighted by molar-refractivity contribution is 7.81. The van der Waals surface area contributed by atoms with Crippen molar-refractivity contribution in [2.75, 3.05) is 17.7 Å². The predicted octanol–water partition coefficient (Wildman–Crippen LogP) is 1.11. The Hall–Kier alpha value is -1.01. The second-order valence-electron chi connectivity index (χ2n) is 4.25. The summed E-state index contributed by atoms with van der Waals surface area (Å²) < 4.78 is 26.8. The first-order valence-corrected chi connectivity index (χ1v) is 10.4. The van der Waals surface area contributed by atoms with E-state index in [1.54, 1.807) is 10.2 Å². The zero-order valence-electron chi connectivity index (χ0n) is 12.3. The standard InChI is InChI=1S/C9H13ClN4O7P2S2/c1-21-7-3-5(11-8(24)13-22(15,16)17)4(10)2-6(7)12-9(25)14-23(18,19)20/h2-3H,1H3,(H4,11,13,15,16,17,24)(H4,12,14,18,19,20,25). The van der Waals surface area contributed by atoms with Crippen LogP contribution in [0, 0.1) is 0 Å². The molecule has 25 heavy (non-hydrogen) atoms. The van der Waals surface area contributed by atoms with Crippen molar-refractivity contribution in [2.24, 2.45) is 0 Å². The highest BCUT2D eigenvalue weighted by atomic mass is 35.5. The molecule has 140 valence electrons. The van der Waals surface area contributed by atoms with Gasteiger partial charge in [-0.1, -0.05) is 11.6 Å². The SMILES string of the molecule is COc1cc(NC(=S)NP(=O)(O)O)c(Cl)cc1NC(=S)NP(=O)(O)O. The van der Waals surface area contributed by atoms with Crippen molar-refractivity contribution in [1.29, 1.82) is 0 Å². The van der Waals surface area contributed by atoms with Crippen molar-refractivity contribution in [3.8, 4) is 5.75 Å². The molecule has 0 saturated carbocycles. The third-order valence-electron chi connectivity index (χ3n) is 2.28. The molecule has 0 spiro atoms. The van der Waals surface area contributed by atoms with Crippen LogP contribution in [0.15, 0.2) is 12.1 Å². The summed E-state index contributed by atoms with van der Waals surface area (Å²) in [6.07, 6.45) is 0. The Morgan fingerprint density at radius 1 is 1.00 bits per heavy atom. The first kappa shape index (κ1) is 22.0. The Labute approximate surface area is 157 Å². The molecule has 0 aliphatic heterocycles.